The first-order valence-corrected chi connectivity index (χ1v) is 5.12. The summed E-state index contributed by atoms with van der Waals surface area (Å²) in [6.45, 7) is 3.57. The molecule has 4 atom stereocenters. The summed E-state index contributed by atoms with van der Waals surface area (Å²) in [5.41, 5.74) is 0. The van der Waals surface area contributed by atoms with Crippen molar-refractivity contribution in [1.82, 2.24) is 0 Å². The minimum absolute atomic E-state index is 0.0372. The number of fused-ring (bicyclic) bond motifs is 1. The molecule has 4 unspecified atom stereocenters. The Morgan fingerprint density at radius 3 is 2.85 bits per heavy atom. The van der Waals surface area contributed by atoms with Gasteiger partial charge in [-0.15, -0.1) is 0 Å². The summed E-state index contributed by atoms with van der Waals surface area (Å²) >= 11 is 0. The predicted molar refractivity (Wildman–Crippen MR) is 48.4 cm³/mol. The lowest BCUT2D eigenvalue weighted by Gasteiger charge is -2.17. The van der Waals surface area contributed by atoms with Gasteiger partial charge in [0.2, 0.25) is 0 Å². The molecule has 2 rings (SSSR count). The molecule has 0 N–H and O–H groups in total. The fourth-order valence-electron chi connectivity index (χ4n) is 2.59. The van der Waals surface area contributed by atoms with Gasteiger partial charge >= 0.3 is 0 Å². The largest absolute Gasteiger partial charge is 0.381 e. The number of hydrogen-bond donors (Lipinski definition) is 0. The van der Waals surface area contributed by atoms with Gasteiger partial charge in [0, 0.05) is 25.6 Å². The maximum atomic E-state index is 5.59. The molecule has 0 aromatic rings. The molecule has 0 bridgehead atoms. The second-order valence-corrected chi connectivity index (χ2v) is 3.84. The molecule has 1 saturated carbocycles. The van der Waals surface area contributed by atoms with E-state index in [0.29, 0.717) is 17.9 Å². The summed E-state index contributed by atoms with van der Waals surface area (Å²) < 4.78 is 16.5. The Labute approximate surface area is 79.4 Å². The molecular weight excluding hydrogens is 168 g/mol. The van der Waals surface area contributed by atoms with Crippen LogP contribution >= 0.6 is 0 Å². The molecule has 0 spiro atoms. The lowest BCUT2D eigenvalue weighted by atomic mass is 9.98. The van der Waals surface area contributed by atoms with Crippen molar-refractivity contribution < 1.29 is 14.2 Å². The van der Waals surface area contributed by atoms with Crippen LogP contribution in [-0.4, -0.2) is 32.7 Å². The molecule has 13 heavy (non-hydrogen) atoms. The highest BCUT2D eigenvalue weighted by atomic mass is 16.7. The van der Waals surface area contributed by atoms with Gasteiger partial charge in [-0.05, 0) is 19.8 Å². The van der Waals surface area contributed by atoms with E-state index in [9.17, 15) is 0 Å². The van der Waals surface area contributed by atoms with Gasteiger partial charge < -0.3 is 14.2 Å². The Morgan fingerprint density at radius 2 is 2.15 bits per heavy atom. The molecule has 76 valence electrons. The minimum Gasteiger partial charge on any atom is -0.381 e. The summed E-state index contributed by atoms with van der Waals surface area (Å²) in [4.78, 5) is 0. The Hall–Kier alpha value is -0.120. The Balaban J connectivity index is 1.95. The molecule has 0 amide bonds. The SMILES string of the molecule is CCOC1OCC2C(OC)CCC12. The van der Waals surface area contributed by atoms with Crippen LogP contribution in [0.2, 0.25) is 0 Å². The van der Waals surface area contributed by atoms with Crippen molar-refractivity contribution in [3.05, 3.63) is 0 Å². The molecule has 2 fully saturated rings. The van der Waals surface area contributed by atoms with E-state index in [2.05, 4.69) is 0 Å². The molecular formula is C10H18O3. The molecule has 0 aromatic carbocycles. The second-order valence-electron chi connectivity index (χ2n) is 3.84. The van der Waals surface area contributed by atoms with Crippen LogP contribution in [0.5, 0.6) is 0 Å². The lowest BCUT2D eigenvalue weighted by molar-refractivity contribution is -0.128. The zero-order valence-electron chi connectivity index (χ0n) is 8.36. The maximum Gasteiger partial charge on any atom is 0.160 e. The summed E-state index contributed by atoms with van der Waals surface area (Å²) in [6.07, 6.45) is 2.79. The summed E-state index contributed by atoms with van der Waals surface area (Å²) in [5.74, 6) is 1.14. The molecule has 1 heterocycles. The molecule has 0 aromatic heterocycles. The number of hydrogen-bond acceptors (Lipinski definition) is 3. The van der Waals surface area contributed by atoms with E-state index >= 15 is 0 Å². The van der Waals surface area contributed by atoms with Crippen molar-refractivity contribution in [3.63, 3.8) is 0 Å². The topological polar surface area (TPSA) is 27.7 Å². The number of rotatable bonds is 3. The van der Waals surface area contributed by atoms with Gasteiger partial charge in [0.1, 0.15) is 0 Å². The minimum atomic E-state index is 0.0372. The highest BCUT2D eigenvalue weighted by Gasteiger charge is 2.46. The fraction of sp³-hybridized carbons (Fsp3) is 1.00. The van der Waals surface area contributed by atoms with E-state index in [1.54, 1.807) is 7.11 Å². The van der Waals surface area contributed by atoms with E-state index in [0.717, 1.165) is 13.2 Å². The molecule has 1 aliphatic heterocycles. The van der Waals surface area contributed by atoms with E-state index in [-0.39, 0.29) is 6.29 Å². The predicted octanol–water partition coefficient (Wildman–Crippen LogP) is 1.42. The van der Waals surface area contributed by atoms with Crippen LogP contribution in [0.1, 0.15) is 19.8 Å². The Kier molecular flexibility index (Phi) is 2.86. The highest BCUT2D eigenvalue weighted by Crippen LogP contribution is 2.42. The van der Waals surface area contributed by atoms with Crippen molar-refractivity contribution in [2.75, 3.05) is 20.3 Å². The smallest absolute Gasteiger partial charge is 0.160 e. The van der Waals surface area contributed by atoms with E-state index in [1.807, 2.05) is 6.92 Å². The molecule has 1 saturated heterocycles. The van der Waals surface area contributed by atoms with Gasteiger partial charge in [0.05, 0.1) is 12.7 Å². The third kappa shape index (κ3) is 1.60. The van der Waals surface area contributed by atoms with E-state index in [4.69, 9.17) is 14.2 Å². The Morgan fingerprint density at radius 1 is 1.31 bits per heavy atom. The zero-order valence-corrected chi connectivity index (χ0v) is 8.36. The van der Waals surface area contributed by atoms with Crippen LogP contribution in [0, 0.1) is 11.8 Å². The van der Waals surface area contributed by atoms with Crippen LogP contribution in [-0.2, 0) is 14.2 Å². The monoisotopic (exact) mass is 186 g/mol. The molecule has 2 aliphatic rings. The molecule has 1 aliphatic carbocycles. The first-order chi connectivity index (χ1) is 6.36. The average Bonchev–Trinajstić information content (AvgIpc) is 2.68. The zero-order chi connectivity index (χ0) is 9.26. The van der Waals surface area contributed by atoms with Crippen LogP contribution < -0.4 is 0 Å². The first-order valence-electron chi connectivity index (χ1n) is 5.12. The van der Waals surface area contributed by atoms with Crippen LogP contribution in [0.4, 0.5) is 0 Å². The summed E-state index contributed by atoms with van der Waals surface area (Å²) in [7, 11) is 1.79. The Bertz CT molecular complexity index is 172. The van der Waals surface area contributed by atoms with Crippen molar-refractivity contribution in [2.45, 2.75) is 32.2 Å². The number of ether oxygens (including phenoxy) is 3. The first kappa shape index (κ1) is 9.44. The standard InChI is InChI=1S/C10H18O3/c1-3-12-10-7-4-5-9(11-2)8(7)6-13-10/h7-10H,3-6H2,1-2H3. The lowest BCUT2D eigenvalue weighted by Crippen LogP contribution is -2.23. The fourth-order valence-corrected chi connectivity index (χ4v) is 2.59. The summed E-state index contributed by atoms with van der Waals surface area (Å²) in [5, 5.41) is 0. The van der Waals surface area contributed by atoms with Crippen molar-refractivity contribution in [1.29, 1.82) is 0 Å². The third-order valence-corrected chi connectivity index (χ3v) is 3.25. The van der Waals surface area contributed by atoms with Crippen LogP contribution in [0.25, 0.3) is 0 Å². The van der Waals surface area contributed by atoms with Crippen LogP contribution in [0.15, 0.2) is 0 Å². The van der Waals surface area contributed by atoms with Crippen molar-refractivity contribution in [2.24, 2.45) is 11.8 Å². The van der Waals surface area contributed by atoms with Gasteiger partial charge in [0.15, 0.2) is 6.29 Å². The van der Waals surface area contributed by atoms with E-state index < -0.39 is 0 Å². The second kappa shape index (κ2) is 3.95. The summed E-state index contributed by atoms with van der Waals surface area (Å²) in [6, 6.07) is 0. The van der Waals surface area contributed by atoms with Gasteiger partial charge in [0.25, 0.3) is 0 Å². The quantitative estimate of drug-likeness (QED) is 0.667. The van der Waals surface area contributed by atoms with Gasteiger partial charge in [-0.1, -0.05) is 0 Å². The molecule has 0 radical (unpaired) electrons. The third-order valence-electron chi connectivity index (χ3n) is 3.25. The molecule has 3 heteroatoms. The average molecular weight is 186 g/mol. The van der Waals surface area contributed by atoms with Crippen LogP contribution in [0.3, 0.4) is 0 Å². The maximum absolute atomic E-state index is 5.59. The van der Waals surface area contributed by atoms with Gasteiger partial charge in [-0.3, -0.25) is 0 Å². The normalized spacial score (nSPS) is 43.8. The van der Waals surface area contributed by atoms with Gasteiger partial charge in [-0.2, -0.15) is 0 Å². The van der Waals surface area contributed by atoms with E-state index in [1.165, 1.54) is 12.8 Å². The van der Waals surface area contributed by atoms with Gasteiger partial charge in [-0.25, -0.2) is 0 Å². The number of methoxy groups -OCH3 is 1. The molecule has 3 nitrogen and oxygen atoms in total. The highest BCUT2D eigenvalue weighted by molar-refractivity contribution is 4.91. The van der Waals surface area contributed by atoms with Crippen molar-refractivity contribution in [3.8, 4) is 0 Å². The van der Waals surface area contributed by atoms with Crippen molar-refractivity contribution >= 4 is 0 Å².